The Morgan fingerprint density at radius 1 is 1.35 bits per heavy atom. The summed E-state index contributed by atoms with van der Waals surface area (Å²) in [7, 11) is 0. The molecule has 0 aliphatic rings. The van der Waals surface area contributed by atoms with Gasteiger partial charge in [0.2, 0.25) is 0 Å². The van der Waals surface area contributed by atoms with Crippen molar-refractivity contribution in [3.05, 3.63) is 24.5 Å². The first-order chi connectivity index (χ1) is 8.20. The van der Waals surface area contributed by atoms with Crippen LogP contribution in [0.1, 0.15) is 20.3 Å². The molecule has 1 unspecified atom stereocenters. The smallest absolute Gasteiger partial charge is 0.137 e. The zero-order valence-corrected chi connectivity index (χ0v) is 10.3. The highest BCUT2D eigenvalue weighted by Gasteiger charge is 2.05. The summed E-state index contributed by atoms with van der Waals surface area (Å²) in [5.74, 6) is 1.49. The van der Waals surface area contributed by atoms with Crippen LogP contribution in [0, 0.1) is 5.92 Å². The molecule has 0 saturated carbocycles. The molecule has 0 saturated heterocycles. The summed E-state index contributed by atoms with van der Waals surface area (Å²) in [6.07, 6.45) is 2.73. The van der Waals surface area contributed by atoms with Gasteiger partial charge in [-0.25, -0.2) is 9.97 Å². The predicted molar refractivity (Wildman–Crippen MR) is 71.9 cm³/mol. The van der Waals surface area contributed by atoms with Crippen LogP contribution >= 0.6 is 0 Å². The zero-order chi connectivity index (χ0) is 12.3. The van der Waals surface area contributed by atoms with Crippen molar-refractivity contribution in [2.75, 3.05) is 17.6 Å². The molecule has 1 aromatic heterocycles. The summed E-state index contributed by atoms with van der Waals surface area (Å²) in [6, 6.07) is 5.68. The molecule has 2 rings (SSSR count). The Morgan fingerprint density at radius 2 is 2.18 bits per heavy atom. The van der Waals surface area contributed by atoms with Crippen LogP contribution in [0.25, 0.3) is 10.9 Å². The molecule has 3 N–H and O–H groups in total. The molecular weight excluding hydrogens is 212 g/mol. The maximum absolute atomic E-state index is 5.79. The number of fused-ring (bicyclic) bond motifs is 1. The highest BCUT2D eigenvalue weighted by atomic mass is 15.0. The Morgan fingerprint density at radius 3 is 2.94 bits per heavy atom. The summed E-state index contributed by atoms with van der Waals surface area (Å²) >= 11 is 0. The molecule has 4 nitrogen and oxygen atoms in total. The number of anilines is 2. The molecule has 0 aliphatic heterocycles. The molecule has 2 aromatic rings. The summed E-state index contributed by atoms with van der Waals surface area (Å²) in [5, 5.41) is 4.34. The van der Waals surface area contributed by atoms with Gasteiger partial charge in [-0.3, -0.25) is 0 Å². The molecule has 0 radical (unpaired) electrons. The van der Waals surface area contributed by atoms with E-state index in [1.54, 1.807) is 6.33 Å². The van der Waals surface area contributed by atoms with Crippen LogP contribution in [0.15, 0.2) is 24.5 Å². The Balaban J connectivity index is 2.30. The first-order valence-corrected chi connectivity index (χ1v) is 5.94. The molecule has 0 fully saturated rings. The zero-order valence-electron chi connectivity index (χ0n) is 10.3. The minimum Gasteiger partial charge on any atom is -0.399 e. The van der Waals surface area contributed by atoms with Gasteiger partial charge in [-0.1, -0.05) is 20.3 Å². The van der Waals surface area contributed by atoms with Crippen molar-refractivity contribution in [1.82, 2.24) is 9.97 Å². The SMILES string of the molecule is CCC(C)CNc1ncnc2ccc(N)cc12. The van der Waals surface area contributed by atoms with E-state index >= 15 is 0 Å². The monoisotopic (exact) mass is 230 g/mol. The first kappa shape index (κ1) is 11.6. The third-order valence-electron chi connectivity index (χ3n) is 2.97. The van der Waals surface area contributed by atoms with Gasteiger partial charge >= 0.3 is 0 Å². The molecule has 0 spiro atoms. The van der Waals surface area contributed by atoms with E-state index in [1.165, 1.54) is 0 Å². The van der Waals surface area contributed by atoms with Crippen molar-refractivity contribution in [2.24, 2.45) is 5.92 Å². The number of nitrogen functional groups attached to an aromatic ring is 1. The number of rotatable bonds is 4. The normalized spacial score (nSPS) is 12.6. The largest absolute Gasteiger partial charge is 0.399 e. The van der Waals surface area contributed by atoms with E-state index in [0.717, 1.165) is 35.4 Å². The van der Waals surface area contributed by atoms with E-state index < -0.39 is 0 Å². The fraction of sp³-hybridized carbons (Fsp3) is 0.385. The number of nitrogens with zero attached hydrogens (tertiary/aromatic N) is 2. The number of nitrogens with one attached hydrogen (secondary N) is 1. The van der Waals surface area contributed by atoms with Gasteiger partial charge in [-0.15, -0.1) is 0 Å². The highest BCUT2D eigenvalue weighted by Crippen LogP contribution is 2.21. The quantitative estimate of drug-likeness (QED) is 0.793. The lowest BCUT2D eigenvalue weighted by Crippen LogP contribution is -2.11. The Kier molecular flexibility index (Phi) is 3.42. The number of aromatic nitrogens is 2. The first-order valence-electron chi connectivity index (χ1n) is 5.94. The van der Waals surface area contributed by atoms with Crippen molar-refractivity contribution in [3.8, 4) is 0 Å². The fourth-order valence-electron chi connectivity index (χ4n) is 1.63. The van der Waals surface area contributed by atoms with Gasteiger partial charge in [0.15, 0.2) is 0 Å². The van der Waals surface area contributed by atoms with Crippen molar-refractivity contribution >= 4 is 22.4 Å². The standard InChI is InChI=1S/C13H18N4/c1-3-9(2)7-15-13-11-6-10(14)4-5-12(11)16-8-17-13/h4-6,8-9H,3,7,14H2,1-2H3,(H,15,16,17). The maximum Gasteiger partial charge on any atom is 0.137 e. The van der Waals surface area contributed by atoms with Crippen LogP contribution in [-0.2, 0) is 0 Å². The maximum atomic E-state index is 5.79. The van der Waals surface area contributed by atoms with Crippen LogP contribution in [0.2, 0.25) is 0 Å². The Hall–Kier alpha value is -1.84. The minimum atomic E-state index is 0.626. The van der Waals surface area contributed by atoms with Crippen molar-refractivity contribution in [2.45, 2.75) is 20.3 Å². The summed E-state index contributed by atoms with van der Waals surface area (Å²) < 4.78 is 0. The summed E-state index contributed by atoms with van der Waals surface area (Å²) in [4.78, 5) is 8.50. The Labute approximate surface area is 101 Å². The molecule has 0 amide bonds. The molecular formula is C13H18N4. The molecule has 90 valence electrons. The van der Waals surface area contributed by atoms with E-state index in [4.69, 9.17) is 5.73 Å². The molecule has 4 heteroatoms. The van der Waals surface area contributed by atoms with E-state index in [1.807, 2.05) is 18.2 Å². The van der Waals surface area contributed by atoms with Crippen molar-refractivity contribution in [1.29, 1.82) is 0 Å². The van der Waals surface area contributed by atoms with Gasteiger partial charge in [-0.05, 0) is 24.1 Å². The number of hydrogen-bond acceptors (Lipinski definition) is 4. The van der Waals surface area contributed by atoms with Gasteiger partial charge in [0.05, 0.1) is 5.52 Å². The second-order valence-electron chi connectivity index (χ2n) is 4.39. The molecule has 1 heterocycles. The van der Waals surface area contributed by atoms with Gasteiger partial charge in [-0.2, -0.15) is 0 Å². The van der Waals surface area contributed by atoms with Crippen LogP contribution in [0.5, 0.6) is 0 Å². The highest BCUT2D eigenvalue weighted by molar-refractivity contribution is 5.91. The van der Waals surface area contributed by atoms with Crippen molar-refractivity contribution < 1.29 is 0 Å². The van der Waals surface area contributed by atoms with E-state index in [-0.39, 0.29) is 0 Å². The average Bonchev–Trinajstić information content (AvgIpc) is 2.35. The predicted octanol–water partition coefficient (Wildman–Crippen LogP) is 2.67. The molecule has 0 aliphatic carbocycles. The minimum absolute atomic E-state index is 0.626. The van der Waals surface area contributed by atoms with Crippen LogP contribution in [0.4, 0.5) is 11.5 Å². The third-order valence-corrected chi connectivity index (χ3v) is 2.97. The molecule has 0 bridgehead atoms. The second-order valence-corrected chi connectivity index (χ2v) is 4.39. The van der Waals surface area contributed by atoms with Crippen LogP contribution in [0.3, 0.4) is 0 Å². The lowest BCUT2D eigenvalue weighted by Gasteiger charge is -2.12. The molecule has 17 heavy (non-hydrogen) atoms. The van der Waals surface area contributed by atoms with Gasteiger partial charge < -0.3 is 11.1 Å². The Bertz CT molecular complexity index is 510. The van der Waals surface area contributed by atoms with Gasteiger partial charge in [0.25, 0.3) is 0 Å². The molecule has 1 atom stereocenters. The van der Waals surface area contributed by atoms with E-state index in [2.05, 4.69) is 29.1 Å². The number of nitrogens with two attached hydrogens (primary N) is 1. The van der Waals surface area contributed by atoms with Crippen molar-refractivity contribution in [3.63, 3.8) is 0 Å². The lowest BCUT2D eigenvalue weighted by atomic mass is 10.1. The summed E-state index contributed by atoms with van der Waals surface area (Å²) in [6.45, 7) is 5.31. The number of benzene rings is 1. The summed E-state index contributed by atoms with van der Waals surface area (Å²) in [5.41, 5.74) is 7.44. The van der Waals surface area contributed by atoms with Gasteiger partial charge in [0.1, 0.15) is 12.1 Å². The fourth-order valence-corrected chi connectivity index (χ4v) is 1.63. The van der Waals surface area contributed by atoms with Crippen LogP contribution < -0.4 is 11.1 Å². The topological polar surface area (TPSA) is 63.8 Å². The van der Waals surface area contributed by atoms with Crippen LogP contribution in [-0.4, -0.2) is 16.5 Å². The lowest BCUT2D eigenvalue weighted by molar-refractivity contribution is 0.593. The number of hydrogen-bond donors (Lipinski definition) is 2. The second kappa shape index (κ2) is 4.99. The van der Waals surface area contributed by atoms with Gasteiger partial charge in [0, 0.05) is 17.6 Å². The van der Waals surface area contributed by atoms with E-state index in [0.29, 0.717) is 5.92 Å². The molecule has 1 aromatic carbocycles. The third kappa shape index (κ3) is 2.64. The van der Waals surface area contributed by atoms with E-state index in [9.17, 15) is 0 Å². The average molecular weight is 230 g/mol.